The molecule has 1 aromatic rings. The maximum absolute atomic E-state index is 2.32. The van der Waals surface area contributed by atoms with Gasteiger partial charge in [0.05, 0.1) is 0 Å². The van der Waals surface area contributed by atoms with Gasteiger partial charge in [0.2, 0.25) is 0 Å². The van der Waals surface area contributed by atoms with Gasteiger partial charge in [0, 0.05) is 5.41 Å². The Hall–Kier alpha value is -1.56. The van der Waals surface area contributed by atoms with Crippen LogP contribution in [0.25, 0.3) is 5.57 Å². The fourth-order valence-corrected chi connectivity index (χ4v) is 2.62. The molecule has 0 heteroatoms. The summed E-state index contributed by atoms with van der Waals surface area (Å²) in [6.07, 6.45) is 10.3. The molecular weight excluding hydrogens is 204 g/mol. The van der Waals surface area contributed by atoms with Crippen LogP contribution in [-0.2, 0) is 6.42 Å². The Morgan fingerprint density at radius 1 is 1.06 bits per heavy atom. The number of aryl methyl sites for hydroxylation is 1. The van der Waals surface area contributed by atoms with Gasteiger partial charge in [-0.25, -0.2) is 0 Å². The molecule has 0 atom stereocenters. The Bertz CT molecular complexity index is 566. The molecule has 0 N–H and O–H groups in total. The molecule has 0 amide bonds. The second kappa shape index (κ2) is 3.46. The van der Waals surface area contributed by atoms with Crippen molar-refractivity contribution in [3.63, 3.8) is 0 Å². The van der Waals surface area contributed by atoms with Crippen LogP contribution >= 0.6 is 0 Å². The fraction of sp³-hybridized carbons (Fsp3) is 0.294. The number of allylic oxidation sites excluding steroid dienone is 6. The lowest BCUT2D eigenvalue weighted by molar-refractivity contribution is 0.627. The van der Waals surface area contributed by atoms with Crippen LogP contribution in [0.4, 0.5) is 0 Å². The summed E-state index contributed by atoms with van der Waals surface area (Å²) < 4.78 is 0. The van der Waals surface area contributed by atoms with Gasteiger partial charge in [-0.2, -0.15) is 0 Å². The zero-order chi connectivity index (χ0) is 12.0. The van der Waals surface area contributed by atoms with Crippen LogP contribution < -0.4 is 0 Å². The first-order valence-corrected chi connectivity index (χ1v) is 6.27. The zero-order valence-electron chi connectivity index (χ0n) is 10.7. The normalized spacial score (nSPS) is 20.2. The summed E-state index contributed by atoms with van der Waals surface area (Å²) in [5.74, 6) is 0. The van der Waals surface area contributed by atoms with E-state index in [0.717, 1.165) is 6.42 Å². The molecule has 3 rings (SSSR count). The van der Waals surface area contributed by atoms with Gasteiger partial charge in [-0.05, 0) is 35.6 Å². The second-order valence-electron chi connectivity index (χ2n) is 5.76. The molecule has 0 unspecified atom stereocenters. The van der Waals surface area contributed by atoms with Crippen molar-refractivity contribution in [2.75, 3.05) is 0 Å². The number of fused-ring (bicyclic) bond motifs is 2. The molecule has 2 aliphatic carbocycles. The molecular formula is C17H18. The molecule has 0 saturated heterocycles. The molecule has 0 aliphatic heterocycles. The quantitative estimate of drug-likeness (QED) is 0.608. The van der Waals surface area contributed by atoms with E-state index < -0.39 is 0 Å². The zero-order valence-corrected chi connectivity index (χ0v) is 10.7. The Morgan fingerprint density at radius 3 is 2.65 bits per heavy atom. The van der Waals surface area contributed by atoms with Crippen molar-refractivity contribution >= 4 is 5.57 Å². The average molecular weight is 222 g/mol. The Kier molecular flexibility index (Phi) is 2.16. The number of hydrogen-bond acceptors (Lipinski definition) is 0. The summed E-state index contributed by atoms with van der Waals surface area (Å²) >= 11 is 0. The molecule has 86 valence electrons. The largest absolute Gasteiger partial charge is 0.0748 e. The van der Waals surface area contributed by atoms with Crippen LogP contribution in [-0.4, -0.2) is 0 Å². The van der Waals surface area contributed by atoms with Gasteiger partial charge < -0.3 is 0 Å². The molecule has 0 spiro atoms. The summed E-state index contributed by atoms with van der Waals surface area (Å²) in [4.78, 5) is 0. The lowest BCUT2D eigenvalue weighted by atomic mass is 9.92. The van der Waals surface area contributed by atoms with Crippen LogP contribution in [0.2, 0.25) is 0 Å². The van der Waals surface area contributed by atoms with Gasteiger partial charge in [-0.1, -0.05) is 61.9 Å². The lowest BCUT2D eigenvalue weighted by Gasteiger charge is -2.13. The fourth-order valence-electron chi connectivity index (χ4n) is 2.62. The first kappa shape index (κ1) is 10.6. The monoisotopic (exact) mass is 222 g/mol. The van der Waals surface area contributed by atoms with E-state index in [1.807, 2.05) is 0 Å². The highest BCUT2D eigenvalue weighted by Crippen LogP contribution is 2.38. The van der Waals surface area contributed by atoms with Crippen molar-refractivity contribution in [1.29, 1.82) is 0 Å². The van der Waals surface area contributed by atoms with E-state index >= 15 is 0 Å². The second-order valence-corrected chi connectivity index (χ2v) is 5.76. The molecule has 1 aromatic carbocycles. The summed E-state index contributed by atoms with van der Waals surface area (Å²) in [7, 11) is 0. The lowest BCUT2D eigenvalue weighted by Crippen LogP contribution is -2.01. The van der Waals surface area contributed by atoms with Crippen LogP contribution in [0.1, 0.15) is 30.5 Å². The summed E-state index contributed by atoms with van der Waals surface area (Å²) in [5, 5.41) is 0. The summed E-state index contributed by atoms with van der Waals surface area (Å²) in [6.45, 7) is 6.66. The smallest absolute Gasteiger partial charge is 0.00110 e. The third-order valence-corrected chi connectivity index (χ3v) is 3.67. The molecule has 0 saturated carbocycles. The minimum absolute atomic E-state index is 0.176. The van der Waals surface area contributed by atoms with Crippen LogP contribution in [0.5, 0.6) is 0 Å². The third-order valence-electron chi connectivity index (χ3n) is 3.67. The van der Waals surface area contributed by atoms with Gasteiger partial charge in [0.25, 0.3) is 0 Å². The van der Waals surface area contributed by atoms with E-state index in [4.69, 9.17) is 0 Å². The summed E-state index contributed by atoms with van der Waals surface area (Å²) in [6, 6.07) is 6.79. The molecule has 0 aromatic heterocycles. The van der Waals surface area contributed by atoms with E-state index in [-0.39, 0.29) is 5.41 Å². The first-order chi connectivity index (χ1) is 8.05. The minimum Gasteiger partial charge on any atom is -0.0748 e. The van der Waals surface area contributed by atoms with Gasteiger partial charge in [0.15, 0.2) is 0 Å². The van der Waals surface area contributed by atoms with E-state index in [1.54, 1.807) is 0 Å². The standard InChI is InChI=1S/C17H18/c1-12-4-5-15-14(10-12)11-13-6-8-17(2,3)9-7-16(13)15/h4-10H,11H2,1-3H3. The maximum atomic E-state index is 2.32. The highest BCUT2D eigenvalue weighted by atomic mass is 14.3. The minimum atomic E-state index is 0.176. The average Bonchev–Trinajstić information content (AvgIpc) is 2.53. The van der Waals surface area contributed by atoms with Crippen molar-refractivity contribution in [2.24, 2.45) is 5.41 Å². The van der Waals surface area contributed by atoms with Crippen molar-refractivity contribution in [2.45, 2.75) is 27.2 Å². The van der Waals surface area contributed by atoms with Crippen LogP contribution in [0, 0.1) is 12.3 Å². The highest BCUT2D eigenvalue weighted by molar-refractivity contribution is 5.85. The topological polar surface area (TPSA) is 0 Å². The maximum Gasteiger partial charge on any atom is 0.00110 e. The Labute approximate surface area is 103 Å². The molecule has 0 radical (unpaired) electrons. The van der Waals surface area contributed by atoms with Crippen molar-refractivity contribution < 1.29 is 0 Å². The molecule has 17 heavy (non-hydrogen) atoms. The van der Waals surface area contributed by atoms with E-state index in [1.165, 1.54) is 27.8 Å². The summed E-state index contributed by atoms with van der Waals surface area (Å²) in [5.41, 5.74) is 7.31. The van der Waals surface area contributed by atoms with Crippen LogP contribution in [0.3, 0.4) is 0 Å². The molecule has 0 heterocycles. The van der Waals surface area contributed by atoms with Gasteiger partial charge in [-0.3, -0.25) is 0 Å². The van der Waals surface area contributed by atoms with Crippen molar-refractivity contribution in [1.82, 2.24) is 0 Å². The SMILES string of the molecule is Cc1ccc2c(c1)CC1=C2C=CC(C)(C)C=C1. The van der Waals surface area contributed by atoms with Crippen molar-refractivity contribution in [3.8, 4) is 0 Å². The predicted molar refractivity (Wildman–Crippen MR) is 73.9 cm³/mol. The predicted octanol–water partition coefficient (Wildman–Crippen LogP) is 4.46. The molecule has 2 aliphatic rings. The van der Waals surface area contributed by atoms with E-state index in [9.17, 15) is 0 Å². The molecule has 0 nitrogen and oxygen atoms in total. The van der Waals surface area contributed by atoms with Crippen molar-refractivity contribution in [3.05, 3.63) is 64.8 Å². The number of benzene rings is 1. The number of rotatable bonds is 0. The van der Waals surface area contributed by atoms with Gasteiger partial charge in [-0.15, -0.1) is 0 Å². The molecule has 0 fully saturated rings. The first-order valence-electron chi connectivity index (χ1n) is 6.27. The Morgan fingerprint density at radius 2 is 1.82 bits per heavy atom. The van der Waals surface area contributed by atoms with Gasteiger partial charge in [0.1, 0.15) is 0 Å². The number of hydrogen-bond donors (Lipinski definition) is 0. The van der Waals surface area contributed by atoms with E-state index in [0.29, 0.717) is 0 Å². The Balaban J connectivity index is 2.11. The molecule has 0 bridgehead atoms. The van der Waals surface area contributed by atoms with Gasteiger partial charge >= 0.3 is 0 Å². The third kappa shape index (κ3) is 1.78. The van der Waals surface area contributed by atoms with Crippen LogP contribution in [0.15, 0.2) is 48.1 Å². The highest BCUT2D eigenvalue weighted by Gasteiger charge is 2.21. The van der Waals surface area contributed by atoms with E-state index in [2.05, 4.69) is 63.3 Å².